The molecule has 0 unspecified atom stereocenters. The molecule has 0 fully saturated rings. The topological polar surface area (TPSA) is 136 Å². The third-order valence-electron chi connectivity index (χ3n) is 7.23. The fourth-order valence-corrected chi connectivity index (χ4v) is 5.10. The number of aryl methyl sites for hydroxylation is 1. The van der Waals surface area contributed by atoms with Crippen molar-refractivity contribution in [3.8, 4) is 11.5 Å². The summed E-state index contributed by atoms with van der Waals surface area (Å²) < 4.78 is 59.7. The summed E-state index contributed by atoms with van der Waals surface area (Å²) in [7, 11) is 0. The Balaban J connectivity index is 1.60. The van der Waals surface area contributed by atoms with Gasteiger partial charge in [-0.25, -0.2) is 4.68 Å². The Labute approximate surface area is 296 Å². The van der Waals surface area contributed by atoms with E-state index in [1.165, 1.54) is 36.4 Å². The Morgan fingerprint density at radius 1 is 0.843 bits per heavy atom. The van der Waals surface area contributed by atoms with Gasteiger partial charge in [0, 0.05) is 18.5 Å². The molecule has 0 saturated heterocycles. The number of carbonyl (C=O) groups excluding carboxylic acids is 3. The molecular weight excluding hydrogens is 695 g/mol. The minimum Gasteiger partial charge on any atom is -0.489 e. The summed E-state index contributed by atoms with van der Waals surface area (Å²) in [5.74, 6) is -2.88. The lowest BCUT2D eigenvalue weighted by Gasteiger charge is -2.34. The van der Waals surface area contributed by atoms with E-state index >= 15 is 0 Å². The second kappa shape index (κ2) is 15.1. The van der Waals surface area contributed by atoms with Crippen LogP contribution < -0.4 is 15.0 Å². The molecule has 1 aromatic heterocycles. The first kappa shape index (κ1) is 38.8. The molecule has 0 N–H and O–H groups in total. The van der Waals surface area contributed by atoms with Crippen molar-refractivity contribution in [1.29, 1.82) is 0 Å². The molecule has 3 aromatic carbocycles. The number of ketones is 1. The summed E-state index contributed by atoms with van der Waals surface area (Å²) >= 11 is 5.92. The van der Waals surface area contributed by atoms with Gasteiger partial charge in [-0.15, -0.1) is 18.3 Å². The summed E-state index contributed by atoms with van der Waals surface area (Å²) in [5.41, 5.74) is -3.87. The minimum atomic E-state index is -4.90. The maximum atomic E-state index is 14.0. The highest BCUT2D eigenvalue weighted by atomic mass is 35.5. The van der Waals surface area contributed by atoms with E-state index in [0.717, 1.165) is 10.7 Å². The largest absolute Gasteiger partial charge is 0.573 e. The summed E-state index contributed by atoms with van der Waals surface area (Å²) in [6, 6.07) is 16.1. The zero-order valence-corrected chi connectivity index (χ0v) is 29.6. The van der Waals surface area contributed by atoms with Gasteiger partial charge in [0.25, 0.3) is 5.56 Å². The summed E-state index contributed by atoms with van der Waals surface area (Å²) in [6.07, 6.45) is -5.95. The molecule has 0 radical (unpaired) electrons. The van der Waals surface area contributed by atoms with Crippen molar-refractivity contribution >= 4 is 40.2 Å². The van der Waals surface area contributed by atoms with Crippen LogP contribution in [0.1, 0.15) is 70.3 Å². The van der Waals surface area contributed by atoms with E-state index in [0.29, 0.717) is 16.8 Å². The number of halogens is 4. The fourth-order valence-electron chi connectivity index (χ4n) is 4.86. The number of nitrogens with zero attached hydrogens (tertiary/aromatic N) is 3. The van der Waals surface area contributed by atoms with Crippen LogP contribution in [0.15, 0.2) is 71.5 Å². The Morgan fingerprint density at radius 2 is 1.45 bits per heavy atom. The summed E-state index contributed by atoms with van der Waals surface area (Å²) in [4.78, 5) is 55.1. The van der Waals surface area contributed by atoms with E-state index in [-0.39, 0.29) is 35.5 Å². The van der Waals surface area contributed by atoms with Crippen molar-refractivity contribution in [1.82, 2.24) is 15.0 Å². The molecule has 1 heterocycles. The van der Waals surface area contributed by atoms with E-state index in [1.807, 2.05) is 0 Å². The van der Waals surface area contributed by atoms with Gasteiger partial charge in [0.15, 0.2) is 11.2 Å². The highest BCUT2D eigenvalue weighted by Crippen LogP contribution is 2.36. The standard InChI is InChI=1S/C36H37ClF3N3O8/c1-33(2,3)50-31(46)35(32(47)51-34(4,5)6,17-18-43-30(45)25-9-7-8-10-27(25)41-42-43)20-28(44)23-12-14-24(15-13-23)48-21-22-11-16-29(26(37)19-22)49-36(38,39)40/h7-16,19H,17-18,20-21H2,1-6H3. The molecule has 0 aliphatic carbocycles. The maximum absolute atomic E-state index is 14.0. The third-order valence-corrected chi connectivity index (χ3v) is 7.52. The molecule has 272 valence electrons. The van der Waals surface area contributed by atoms with Crippen LogP contribution in [-0.2, 0) is 32.2 Å². The number of aromatic nitrogens is 3. The van der Waals surface area contributed by atoms with Crippen LogP contribution in [0.4, 0.5) is 13.2 Å². The van der Waals surface area contributed by atoms with Gasteiger partial charge in [-0.05, 0) is 102 Å². The first-order valence-electron chi connectivity index (χ1n) is 15.8. The number of fused-ring (bicyclic) bond motifs is 1. The molecule has 4 rings (SSSR count). The van der Waals surface area contributed by atoms with Crippen LogP contribution in [0.2, 0.25) is 5.02 Å². The third kappa shape index (κ3) is 10.5. The molecule has 15 heteroatoms. The minimum absolute atomic E-state index is 0.0727. The number of carbonyl (C=O) groups is 3. The van der Waals surface area contributed by atoms with Gasteiger partial charge in [-0.2, -0.15) is 0 Å². The van der Waals surface area contributed by atoms with Gasteiger partial charge in [0.1, 0.15) is 34.8 Å². The van der Waals surface area contributed by atoms with Crippen molar-refractivity contribution < 1.29 is 46.5 Å². The monoisotopic (exact) mass is 731 g/mol. The predicted octanol–water partition coefficient (Wildman–Crippen LogP) is 7.26. The van der Waals surface area contributed by atoms with E-state index in [1.54, 1.807) is 65.8 Å². The smallest absolute Gasteiger partial charge is 0.489 e. The SMILES string of the molecule is CC(C)(C)OC(=O)C(CCn1nnc2ccccc2c1=O)(CC(=O)c1ccc(OCc2ccc(OC(F)(F)F)c(Cl)c2)cc1)C(=O)OC(C)(C)C. The molecule has 0 spiro atoms. The highest BCUT2D eigenvalue weighted by Gasteiger charge is 2.52. The van der Waals surface area contributed by atoms with Crippen LogP contribution in [0.25, 0.3) is 10.9 Å². The van der Waals surface area contributed by atoms with Gasteiger partial charge < -0.3 is 18.9 Å². The molecule has 4 aromatic rings. The number of hydrogen-bond donors (Lipinski definition) is 0. The quantitative estimate of drug-likeness (QED) is 0.0832. The average molecular weight is 732 g/mol. The fraction of sp³-hybridized carbons (Fsp3) is 0.389. The van der Waals surface area contributed by atoms with Crippen molar-refractivity contribution in [2.45, 2.75) is 85.1 Å². The molecule has 51 heavy (non-hydrogen) atoms. The predicted molar refractivity (Wildman–Crippen MR) is 180 cm³/mol. The number of Topliss-reactive ketones (excluding diaryl/α,β-unsaturated/α-hetero) is 1. The summed E-state index contributed by atoms with van der Waals surface area (Å²) in [5, 5.41) is 8.07. The zero-order chi connectivity index (χ0) is 37.8. The lowest BCUT2D eigenvalue weighted by atomic mass is 9.78. The molecule has 11 nitrogen and oxygen atoms in total. The van der Waals surface area contributed by atoms with Crippen molar-refractivity contribution in [3.05, 3.63) is 93.2 Å². The van der Waals surface area contributed by atoms with Crippen molar-refractivity contribution in [2.75, 3.05) is 0 Å². The molecule has 0 aliphatic heterocycles. The molecular formula is C36H37ClF3N3O8. The number of esters is 2. The number of hydrogen-bond acceptors (Lipinski definition) is 10. The van der Waals surface area contributed by atoms with Gasteiger partial charge in [-0.3, -0.25) is 19.2 Å². The first-order valence-corrected chi connectivity index (χ1v) is 16.1. The first-order chi connectivity index (χ1) is 23.7. The Kier molecular flexibility index (Phi) is 11.5. The van der Waals surface area contributed by atoms with E-state index < -0.39 is 58.4 Å². The lowest BCUT2D eigenvalue weighted by Crippen LogP contribution is -2.49. The lowest BCUT2D eigenvalue weighted by molar-refractivity contribution is -0.274. The molecule has 0 atom stereocenters. The van der Waals surface area contributed by atoms with Crippen LogP contribution in [-0.4, -0.2) is 50.3 Å². The van der Waals surface area contributed by atoms with Gasteiger partial charge in [0.05, 0.1) is 10.4 Å². The second-order valence-corrected chi connectivity index (χ2v) is 14.1. The van der Waals surface area contributed by atoms with E-state index in [9.17, 15) is 32.3 Å². The van der Waals surface area contributed by atoms with Gasteiger partial charge in [-0.1, -0.05) is 35.0 Å². The average Bonchev–Trinajstić information content (AvgIpc) is 3.02. The van der Waals surface area contributed by atoms with Gasteiger partial charge in [0.2, 0.25) is 0 Å². The van der Waals surface area contributed by atoms with Crippen LogP contribution in [0.5, 0.6) is 11.5 Å². The van der Waals surface area contributed by atoms with Crippen molar-refractivity contribution in [3.63, 3.8) is 0 Å². The van der Waals surface area contributed by atoms with Crippen molar-refractivity contribution in [2.24, 2.45) is 5.41 Å². The van der Waals surface area contributed by atoms with Crippen LogP contribution in [0, 0.1) is 5.41 Å². The van der Waals surface area contributed by atoms with E-state index in [2.05, 4.69) is 15.0 Å². The molecule has 0 amide bonds. The molecule has 0 bridgehead atoms. The number of alkyl halides is 3. The van der Waals surface area contributed by atoms with E-state index in [4.69, 9.17) is 25.8 Å². The second-order valence-electron chi connectivity index (χ2n) is 13.7. The summed E-state index contributed by atoms with van der Waals surface area (Å²) in [6.45, 7) is 9.34. The number of ether oxygens (including phenoxy) is 4. The maximum Gasteiger partial charge on any atom is 0.573 e. The Hall–Kier alpha value is -4.98. The zero-order valence-electron chi connectivity index (χ0n) is 28.8. The number of benzene rings is 3. The van der Waals surface area contributed by atoms with Crippen LogP contribution >= 0.6 is 11.6 Å². The molecule has 0 aliphatic rings. The normalized spacial score (nSPS) is 12.4. The molecule has 0 saturated carbocycles. The van der Waals surface area contributed by atoms with Crippen LogP contribution in [0.3, 0.4) is 0 Å². The van der Waals surface area contributed by atoms with Gasteiger partial charge >= 0.3 is 18.3 Å². The Bertz CT molecular complexity index is 1940. The highest BCUT2D eigenvalue weighted by molar-refractivity contribution is 6.32. The Morgan fingerprint density at radius 3 is 2.02 bits per heavy atom. The number of rotatable bonds is 12.